The number of aromatic hydroxyl groups is 1. The Kier molecular flexibility index (Phi) is 3.75. The number of benzene rings is 1. The van der Waals surface area contributed by atoms with Crippen LogP contribution >= 0.6 is 0 Å². The summed E-state index contributed by atoms with van der Waals surface area (Å²) in [4.78, 5) is 19.2. The molecule has 24 heavy (non-hydrogen) atoms. The minimum Gasteiger partial charge on any atom is -0.508 e. The summed E-state index contributed by atoms with van der Waals surface area (Å²) in [6, 6.07) is 7.02. The minimum absolute atomic E-state index is 0.0222. The second-order valence-electron chi connectivity index (χ2n) is 6.76. The highest BCUT2D eigenvalue weighted by atomic mass is 16.3. The lowest BCUT2D eigenvalue weighted by atomic mass is 10.1. The van der Waals surface area contributed by atoms with Crippen LogP contribution in [-0.2, 0) is 17.8 Å². The summed E-state index contributed by atoms with van der Waals surface area (Å²) in [5.74, 6) is 2.81. The highest BCUT2D eigenvalue weighted by Gasteiger charge is 2.34. The third kappa shape index (κ3) is 2.88. The maximum absolute atomic E-state index is 12.6. The van der Waals surface area contributed by atoms with Gasteiger partial charge in [0.05, 0.1) is 12.6 Å². The molecule has 1 aromatic heterocycles. The number of carbonyl (C=O) groups excluding carboxylic acids is 1. The quantitative estimate of drug-likeness (QED) is 0.936. The van der Waals surface area contributed by atoms with E-state index in [4.69, 9.17) is 0 Å². The lowest BCUT2D eigenvalue weighted by Gasteiger charge is -2.33. The molecule has 6 nitrogen and oxygen atoms in total. The molecule has 6 heteroatoms. The third-order valence-corrected chi connectivity index (χ3v) is 4.94. The first-order chi connectivity index (χ1) is 11.6. The first-order valence-electron chi connectivity index (χ1n) is 8.64. The van der Waals surface area contributed by atoms with Gasteiger partial charge in [-0.25, -0.2) is 9.67 Å². The molecule has 1 aromatic carbocycles. The molecule has 0 spiro atoms. The summed E-state index contributed by atoms with van der Waals surface area (Å²) in [6.07, 6.45) is 3.53. The average molecular weight is 326 g/mol. The van der Waals surface area contributed by atoms with Gasteiger partial charge in [-0.05, 0) is 43.9 Å². The number of aromatic nitrogens is 3. The summed E-state index contributed by atoms with van der Waals surface area (Å²) in [6.45, 7) is 3.45. The van der Waals surface area contributed by atoms with Crippen LogP contribution in [0.1, 0.15) is 55.4 Å². The van der Waals surface area contributed by atoms with E-state index in [1.165, 1.54) is 12.8 Å². The maximum atomic E-state index is 12.6. The Hall–Kier alpha value is -2.37. The fourth-order valence-electron chi connectivity index (χ4n) is 3.29. The van der Waals surface area contributed by atoms with E-state index in [1.54, 1.807) is 12.1 Å². The number of nitrogens with zero attached hydrogens (tertiary/aromatic N) is 4. The second-order valence-corrected chi connectivity index (χ2v) is 6.76. The van der Waals surface area contributed by atoms with Crippen molar-refractivity contribution >= 4 is 5.91 Å². The number of fused-ring (bicyclic) bond motifs is 1. The van der Waals surface area contributed by atoms with Crippen molar-refractivity contribution in [2.75, 3.05) is 6.54 Å². The van der Waals surface area contributed by atoms with Crippen molar-refractivity contribution in [1.29, 1.82) is 0 Å². The summed E-state index contributed by atoms with van der Waals surface area (Å²) < 4.78 is 1.97. The van der Waals surface area contributed by atoms with Crippen molar-refractivity contribution in [2.24, 2.45) is 0 Å². The van der Waals surface area contributed by atoms with E-state index in [2.05, 4.69) is 10.1 Å². The molecule has 2 heterocycles. The standard InChI is InChI=1S/C18H22N4O2/c1-12-18-19-17(14-5-6-14)20-22(18)11-10-21(12)16(24)9-4-13-2-7-15(23)8-3-13/h2-3,7-8,12,14,23H,4-6,9-11H2,1H3/t12-/m1/s1. The molecule has 126 valence electrons. The first-order valence-corrected chi connectivity index (χ1v) is 8.64. The van der Waals surface area contributed by atoms with Gasteiger partial charge in [0.15, 0.2) is 5.82 Å². The SMILES string of the molecule is C[C@@H]1c2nc(C3CC3)nn2CCN1C(=O)CCc1ccc(O)cc1. The van der Waals surface area contributed by atoms with Crippen molar-refractivity contribution in [3.05, 3.63) is 41.5 Å². The van der Waals surface area contributed by atoms with Crippen LogP contribution in [0.25, 0.3) is 0 Å². The minimum atomic E-state index is -0.0222. The van der Waals surface area contributed by atoms with Crippen LogP contribution in [0.5, 0.6) is 5.75 Å². The van der Waals surface area contributed by atoms with E-state index < -0.39 is 0 Å². The first kappa shape index (κ1) is 15.2. The number of hydrogen-bond acceptors (Lipinski definition) is 4. The van der Waals surface area contributed by atoms with Gasteiger partial charge in [-0.1, -0.05) is 12.1 Å². The number of phenolic OH excluding ortho intramolecular Hbond substituents is 1. The molecule has 0 unspecified atom stereocenters. The van der Waals surface area contributed by atoms with Crippen LogP contribution in [0.3, 0.4) is 0 Å². The van der Waals surface area contributed by atoms with Crippen LogP contribution in [0.4, 0.5) is 0 Å². The van der Waals surface area contributed by atoms with E-state index in [0.29, 0.717) is 25.3 Å². The Bertz CT molecular complexity index is 749. The Balaban J connectivity index is 1.42. The summed E-state index contributed by atoms with van der Waals surface area (Å²) in [5.41, 5.74) is 1.06. The highest BCUT2D eigenvalue weighted by molar-refractivity contribution is 5.77. The van der Waals surface area contributed by atoms with Gasteiger partial charge in [0, 0.05) is 18.9 Å². The third-order valence-electron chi connectivity index (χ3n) is 4.94. The fourth-order valence-corrected chi connectivity index (χ4v) is 3.29. The molecule has 4 rings (SSSR count). The molecule has 1 aliphatic carbocycles. The number of phenols is 1. The predicted octanol–water partition coefficient (Wildman–Crippen LogP) is 2.40. The largest absolute Gasteiger partial charge is 0.508 e. The van der Waals surface area contributed by atoms with Gasteiger partial charge in [0.25, 0.3) is 0 Å². The molecule has 1 amide bonds. The maximum Gasteiger partial charge on any atom is 0.223 e. The molecule has 2 aromatic rings. The van der Waals surface area contributed by atoms with Crippen LogP contribution in [0, 0.1) is 0 Å². The average Bonchev–Trinajstić information content (AvgIpc) is 3.34. The van der Waals surface area contributed by atoms with Crippen LogP contribution in [0.2, 0.25) is 0 Å². The Labute approximate surface area is 141 Å². The van der Waals surface area contributed by atoms with Crippen LogP contribution in [0.15, 0.2) is 24.3 Å². The van der Waals surface area contributed by atoms with Gasteiger partial charge in [-0.15, -0.1) is 0 Å². The lowest BCUT2D eigenvalue weighted by molar-refractivity contribution is -0.134. The molecule has 2 aliphatic rings. The monoisotopic (exact) mass is 326 g/mol. The topological polar surface area (TPSA) is 71.2 Å². The summed E-state index contributed by atoms with van der Waals surface area (Å²) in [5, 5.41) is 13.9. The Morgan fingerprint density at radius 1 is 1.25 bits per heavy atom. The van der Waals surface area contributed by atoms with Crippen molar-refractivity contribution in [3.63, 3.8) is 0 Å². The molecule has 0 saturated heterocycles. The molecule has 1 fully saturated rings. The Morgan fingerprint density at radius 3 is 2.71 bits per heavy atom. The number of hydrogen-bond donors (Lipinski definition) is 1. The van der Waals surface area contributed by atoms with Crippen molar-refractivity contribution < 1.29 is 9.90 Å². The number of carbonyl (C=O) groups is 1. The molecule has 0 bridgehead atoms. The van der Waals surface area contributed by atoms with Gasteiger partial charge in [0.2, 0.25) is 5.91 Å². The molecular formula is C18H22N4O2. The van der Waals surface area contributed by atoms with E-state index in [1.807, 2.05) is 28.6 Å². The number of rotatable bonds is 4. The van der Waals surface area contributed by atoms with Gasteiger partial charge in [0.1, 0.15) is 11.6 Å². The van der Waals surface area contributed by atoms with Crippen molar-refractivity contribution in [1.82, 2.24) is 19.7 Å². The molecule has 1 N–H and O–H groups in total. The zero-order chi connectivity index (χ0) is 16.7. The second kappa shape index (κ2) is 5.92. The number of amides is 1. The van der Waals surface area contributed by atoms with E-state index >= 15 is 0 Å². The zero-order valence-electron chi connectivity index (χ0n) is 13.9. The van der Waals surface area contributed by atoms with Gasteiger partial charge < -0.3 is 10.0 Å². The van der Waals surface area contributed by atoms with Crippen molar-refractivity contribution in [2.45, 2.75) is 51.1 Å². The van der Waals surface area contributed by atoms with Crippen molar-refractivity contribution in [3.8, 4) is 5.75 Å². The van der Waals surface area contributed by atoms with E-state index in [0.717, 1.165) is 23.8 Å². The van der Waals surface area contributed by atoms with Gasteiger partial charge in [-0.3, -0.25) is 4.79 Å². The van der Waals surface area contributed by atoms with E-state index in [9.17, 15) is 9.90 Å². The highest BCUT2D eigenvalue weighted by Crippen LogP contribution is 2.39. The number of aryl methyl sites for hydroxylation is 1. The predicted molar refractivity (Wildman–Crippen MR) is 88.6 cm³/mol. The molecule has 1 saturated carbocycles. The summed E-state index contributed by atoms with van der Waals surface area (Å²) in [7, 11) is 0. The van der Waals surface area contributed by atoms with Gasteiger partial charge in [-0.2, -0.15) is 5.10 Å². The normalized spacial score (nSPS) is 20.0. The Morgan fingerprint density at radius 2 is 2.00 bits per heavy atom. The molecular weight excluding hydrogens is 304 g/mol. The van der Waals surface area contributed by atoms with Crippen LogP contribution < -0.4 is 0 Å². The summed E-state index contributed by atoms with van der Waals surface area (Å²) >= 11 is 0. The smallest absolute Gasteiger partial charge is 0.223 e. The fraction of sp³-hybridized carbons (Fsp3) is 0.500. The zero-order valence-corrected chi connectivity index (χ0v) is 13.9. The molecule has 0 radical (unpaired) electrons. The molecule has 1 atom stereocenters. The van der Waals surface area contributed by atoms with E-state index in [-0.39, 0.29) is 17.7 Å². The lowest BCUT2D eigenvalue weighted by Crippen LogP contribution is -2.41. The van der Waals surface area contributed by atoms with Gasteiger partial charge >= 0.3 is 0 Å². The molecule has 1 aliphatic heterocycles. The van der Waals surface area contributed by atoms with Crippen LogP contribution in [-0.4, -0.2) is 37.2 Å².